The summed E-state index contributed by atoms with van der Waals surface area (Å²) >= 11 is 0. The summed E-state index contributed by atoms with van der Waals surface area (Å²) in [5.74, 6) is 1.11. The van der Waals surface area contributed by atoms with Crippen LogP contribution in [-0.4, -0.2) is 69.9 Å². The van der Waals surface area contributed by atoms with Gasteiger partial charge in [0, 0.05) is 44.7 Å². The molecule has 8 nitrogen and oxygen atoms in total. The van der Waals surface area contributed by atoms with Gasteiger partial charge in [0.2, 0.25) is 5.71 Å². The predicted octanol–water partition coefficient (Wildman–Crippen LogP) is 2.86. The second-order valence-electron chi connectivity index (χ2n) is 9.54. The van der Waals surface area contributed by atoms with Crippen LogP contribution in [0.5, 0.6) is 0 Å². The van der Waals surface area contributed by atoms with Crippen molar-refractivity contribution in [2.45, 2.75) is 52.2 Å². The summed E-state index contributed by atoms with van der Waals surface area (Å²) in [4.78, 5) is 18.7. The van der Waals surface area contributed by atoms with Crippen molar-refractivity contribution in [2.24, 2.45) is 0 Å². The SMILES string of the molecule is CC(C)c1nc2oc3c(N4CCN(CCO)CC4)ncnc3c2c2c1COC(C)(C)C2. The van der Waals surface area contributed by atoms with E-state index >= 15 is 0 Å². The van der Waals surface area contributed by atoms with E-state index in [2.05, 4.69) is 47.5 Å². The lowest BCUT2D eigenvalue weighted by molar-refractivity contribution is -0.0402. The fourth-order valence-electron chi connectivity index (χ4n) is 4.85. The normalized spacial score (nSPS) is 19.5. The second-order valence-corrected chi connectivity index (χ2v) is 9.54. The number of nitrogens with zero attached hydrogens (tertiary/aromatic N) is 5. The van der Waals surface area contributed by atoms with E-state index in [-0.39, 0.29) is 18.1 Å². The number of aliphatic hydroxyl groups excluding tert-OH is 1. The Morgan fingerprint density at radius 1 is 1.13 bits per heavy atom. The first-order valence-electron chi connectivity index (χ1n) is 11.2. The quantitative estimate of drug-likeness (QED) is 0.683. The van der Waals surface area contributed by atoms with Crippen LogP contribution in [0.4, 0.5) is 5.82 Å². The van der Waals surface area contributed by atoms with E-state index in [1.54, 1.807) is 6.33 Å². The van der Waals surface area contributed by atoms with Crippen LogP contribution in [-0.2, 0) is 17.8 Å². The van der Waals surface area contributed by atoms with Crippen molar-refractivity contribution in [1.82, 2.24) is 19.9 Å². The molecule has 1 fully saturated rings. The van der Waals surface area contributed by atoms with Gasteiger partial charge in [0.1, 0.15) is 11.8 Å². The molecule has 8 heteroatoms. The van der Waals surface area contributed by atoms with Gasteiger partial charge in [0.15, 0.2) is 11.4 Å². The minimum absolute atomic E-state index is 0.191. The van der Waals surface area contributed by atoms with Gasteiger partial charge in [-0.2, -0.15) is 0 Å². The lowest BCUT2D eigenvalue weighted by atomic mass is 9.87. The van der Waals surface area contributed by atoms with Crippen molar-refractivity contribution in [1.29, 1.82) is 0 Å². The van der Waals surface area contributed by atoms with Gasteiger partial charge in [0.05, 0.1) is 29.9 Å². The summed E-state index contributed by atoms with van der Waals surface area (Å²) in [6.45, 7) is 13.5. The molecular formula is C23H31N5O3. The van der Waals surface area contributed by atoms with Crippen LogP contribution in [0.1, 0.15) is 50.4 Å². The monoisotopic (exact) mass is 425 g/mol. The molecule has 0 aromatic carbocycles. The van der Waals surface area contributed by atoms with E-state index in [1.165, 1.54) is 11.1 Å². The van der Waals surface area contributed by atoms with Crippen molar-refractivity contribution in [3.63, 3.8) is 0 Å². The lowest BCUT2D eigenvalue weighted by Crippen LogP contribution is -2.47. The Morgan fingerprint density at radius 2 is 1.90 bits per heavy atom. The van der Waals surface area contributed by atoms with Gasteiger partial charge in [-0.3, -0.25) is 4.90 Å². The number of hydrogen-bond acceptors (Lipinski definition) is 8. The van der Waals surface area contributed by atoms with Crippen LogP contribution in [0.2, 0.25) is 0 Å². The van der Waals surface area contributed by atoms with E-state index in [9.17, 15) is 5.11 Å². The highest BCUT2D eigenvalue weighted by atomic mass is 16.5. The summed E-state index contributed by atoms with van der Waals surface area (Å²) in [5.41, 5.74) is 5.45. The zero-order valence-corrected chi connectivity index (χ0v) is 18.8. The van der Waals surface area contributed by atoms with Crippen molar-refractivity contribution in [3.05, 3.63) is 23.1 Å². The number of piperazine rings is 1. The predicted molar refractivity (Wildman–Crippen MR) is 120 cm³/mol. The maximum Gasteiger partial charge on any atom is 0.229 e. The molecule has 3 aromatic heterocycles. The Bertz CT molecular complexity index is 1120. The van der Waals surface area contributed by atoms with Crippen LogP contribution in [0.15, 0.2) is 10.7 Å². The first kappa shape index (κ1) is 20.6. The largest absolute Gasteiger partial charge is 0.432 e. The summed E-state index contributed by atoms with van der Waals surface area (Å²) in [5, 5.41) is 10.2. The van der Waals surface area contributed by atoms with Crippen LogP contribution >= 0.6 is 0 Å². The number of pyridine rings is 1. The topological polar surface area (TPSA) is 87.8 Å². The van der Waals surface area contributed by atoms with E-state index in [1.807, 2.05) is 0 Å². The lowest BCUT2D eigenvalue weighted by Gasteiger charge is -2.34. The molecule has 1 N–H and O–H groups in total. The molecular weight excluding hydrogens is 394 g/mol. The molecule has 2 aliphatic heterocycles. The number of β-amino-alcohol motifs (C(OH)–C–C–N with tert-alkyl or cyclic N) is 1. The van der Waals surface area contributed by atoms with Gasteiger partial charge in [-0.15, -0.1) is 0 Å². The highest BCUT2D eigenvalue weighted by molar-refractivity contribution is 6.06. The molecule has 0 atom stereocenters. The Labute approximate surface area is 182 Å². The van der Waals surface area contributed by atoms with E-state index < -0.39 is 0 Å². The Morgan fingerprint density at radius 3 is 2.61 bits per heavy atom. The molecule has 166 valence electrons. The molecule has 0 amide bonds. The minimum Gasteiger partial charge on any atom is -0.432 e. The molecule has 0 saturated carbocycles. The molecule has 31 heavy (non-hydrogen) atoms. The summed E-state index contributed by atoms with van der Waals surface area (Å²) in [6.07, 6.45) is 2.44. The molecule has 1 saturated heterocycles. The summed E-state index contributed by atoms with van der Waals surface area (Å²) in [6, 6.07) is 0. The molecule has 0 aliphatic carbocycles. The number of hydrogen-bond donors (Lipinski definition) is 1. The third-order valence-electron chi connectivity index (χ3n) is 6.48. The molecule has 3 aromatic rings. The molecule has 0 radical (unpaired) electrons. The molecule has 5 heterocycles. The van der Waals surface area contributed by atoms with Gasteiger partial charge in [-0.25, -0.2) is 15.0 Å². The van der Waals surface area contributed by atoms with Crippen molar-refractivity contribution in [2.75, 3.05) is 44.2 Å². The van der Waals surface area contributed by atoms with Crippen LogP contribution < -0.4 is 4.90 Å². The van der Waals surface area contributed by atoms with Gasteiger partial charge < -0.3 is 19.2 Å². The molecule has 5 rings (SSSR count). The summed E-state index contributed by atoms with van der Waals surface area (Å²) in [7, 11) is 0. The van der Waals surface area contributed by atoms with Gasteiger partial charge in [-0.1, -0.05) is 13.8 Å². The number of fused-ring (bicyclic) bond motifs is 5. The zero-order valence-electron chi connectivity index (χ0n) is 18.8. The van der Waals surface area contributed by atoms with Crippen molar-refractivity contribution >= 4 is 28.0 Å². The number of furan rings is 1. The number of rotatable bonds is 4. The van der Waals surface area contributed by atoms with Gasteiger partial charge in [0.25, 0.3) is 0 Å². The van der Waals surface area contributed by atoms with Gasteiger partial charge in [-0.05, 0) is 25.3 Å². The second kappa shape index (κ2) is 7.69. The molecule has 2 aliphatic rings. The average molecular weight is 426 g/mol. The third kappa shape index (κ3) is 3.56. The van der Waals surface area contributed by atoms with E-state index in [0.29, 0.717) is 24.4 Å². The van der Waals surface area contributed by atoms with Crippen LogP contribution in [0, 0.1) is 0 Å². The van der Waals surface area contributed by atoms with Gasteiger partial charge >= 0.3 is 0 Å². The summed E-state index contributed by atoms with van der Waals surface area (Å²) < 4.78 is 12.5. The van der Waals surface area contributed by atoms with Crippen molar-refractivity contribution < 1.29 is 14.3 Å². The molecule has 0 spiro atoms. The first-order chi connectivity index (χ1) is 14.9. The number of aliphatic hydroxyl groups is 1. The fourth-order valence-corrected chi connectivity index (χ4v) is 4.85. The number of anilines is 1. The molecule has 0 unspecified atom stereocenters. The van der Waals surface area contributed by atoms with E-state index in [4.69, 9.17) is 14.1 Å². The zero-order chi connectivity index (χ0) is 21.8. The minimum atomic E-state index is -0.238. The third-order valence-corrected chi connectivity index (χ3v) is 6.48. The highest BCUT2D eigenvalue weighted by Gasteiger charge is 2.33. The Hall–Kier alpha value is -2.29. The maximum atomic E-state index is 9.21. The Balaban J connectivity index is 1.65. The van der Waals surface area contributed by atoms with E-state index in [0.717, 1.165) is 55.0 Å². The van der Waals surface area contributed by atoms with Crippen LogP contribution in [0.3, 0.4) is 0 Å². The maximum absolute atomic E-state index is 9.21. The smallest absolute Gasteiger partial charge is 0.229 e. The number of ether oxygens (including phenoxy) is 1. The standard InChI is InChI=1S/C23H31N5O3/c1-14(2)18-16-12-30-23(3,4)11-15(16)17-19-20(31-22(17)26-18)21(25-13-24-19)28-7-5-27(6-8-28)9-10-29/h13-14,29H,5-12H2,1-4H3. The average Bonchev–Trinajstić information content (AvgIpc) is 3.12. The first-order valence-corrected chi connectivity index (χ1v) is 11.2. The van der Waals surface area contributed by atoms with Crippen molar-refractivity contribution in [3.8, 4) is 0 Å². The highest BCUT2D eigenvalue weighted by Crippen LogP contribution is 2.41. The Kier molecular flexibility index (Phi) is 5.11. The molecule has 0 bridgehead atoms. The number of aromatic nitrogens is 3. The fraction of sp³-hybridized carbons (Fsp3) is 0.609. The van der Waals surface area contributed by atoms with Crippen LogP contribution in [0.25, 0.3) is 22.2 Å².